The first-order chi connectivity index (χ1) is 19.4. The van der Waals surface area contributed by atoms with Crippen LogP contribution in [0.5, 0.6) is 5.75 Å². The molecule has 1 aromatic carbocycles. The van der Waals surface area contributed by atoms with Gasteiger partial charge in [-0.25, -0.2) is 4.79 Å². The fraction of sp³-hybridized carbons (Fsp3) is 0.553. The molecule has 3 heteroatoms. The number of phenolic OH excluding ortho intramolecular Hbond substituents is 1. The molecular weight excluding hydrogens is 504 g/mol. The van der Waals surface area contributed by atoms with Crippen LogP contribution in [0.3, 0.4) is 0 Å². The van der Waals surface area contributed by atoms with Crippen LogP contribution in [0.1, 0.15) is 110 Å². The van der Waals surface area contributed by atoms with E-state index in [1.807, 2.05) is 31.2 Å². The minimum atomic E-state index is -0.219. The number of carbonyl (C=O) groups excluding carboxylic acids is 1. The lowest BCUT2D eigenvalue weighted by Crippen LogP contribution is -2.39. The van der Waals surface area contributed by atoms with Crippen LogP contribution in [0, 0.1) is 22.7 Å². The van der Waals surface area contributed by atoms with Gasteiger partial charge < -0.3 is 9.84 Å². The predicted octanol–water partition coefficient (Wildman–Crippen LogP) is 9.69. The van der Waals surface area contributed by atoms with E-state index in [1.54, 1.807) is 6.08 Å². The van der Waals surface area contributed by atoms with Gasteiger partial charge in [-0.2, -0.15) is 0 Å². The fourth-order valence-corrected chi connectivity index (χ4v) is 8.72. The van der Waals surface area contributed by atoms with Crippen LogP contribution in [-0.4, -0.2) is 17.2 Å². The van der Waals surface area contributed by atoms with Crippen LogP contribution in [0.25, 0.3) is 0 Å². The number of allylic oxidation sites excluding steroid dienone is 9. The third-order valence-corrected chi connectivity index (χ3v) is 10.8. The summed E-state index contributed by atoms with van der Waals surface area (Å²) in [7, 11) is 0. The van der Waals surface area contributed by atoms with E-state index in [2.05, 4.69) is 58.9 Å². The molecule has 0 aromatic heterocycles. The smallest absolute Gasteiger partial charge is 0.331 e. The summed E-state index contributed by atoms with van der Waals surface area (Å²) in [6.07, 6.45) is 22.5. The van der Waals surface area contributed by atoms with E-state index in [1.165, 1.54) is 66.4 Å². The number of rotatable bonds is 6. The zero-order valence-corrected chi connectivity index (χ0v) is 26.1. The second-order valence-corrected chi connectivity index (χ2v) is 14.4. The monoisotopic (exact) mass is 554 g/mol. The molecule has 1 N–H and O–H groups in total. The van der Waals surface area contributed by atoms with Gasteiger partial charge in [0.1, 0.15) is 11.9 Å². The zero-order valence-electron chi connectivity index (χ0n) is 26.1. The molecule has 1 aromatic rings. The molecule has 3 nitrogen and oxygen atoms in total. The molecule has 41 heavy (non-hydrogen) atoms. The number of phenols is 1. The van der Waals surface area contributed by atoms with Crippen molar-refractivity contribution >= 4 is 5.97 Å². The number of benzene rings is 1. The largest absolute Gasteiger partial charge is 0.508 e. The molecule has 0 aliphatic heterocycles. The standard InChI is InChI=1S/C38H50O3/c1-25(12-17-34-27(3)11-8-19-37(34,4)5)9-7-10-26(2)21-36(40)41-30-23-35-33-15-13-28-22-29(39)14-16-31(28)32(33)18-20-38(35,6)24-30/h7,9-10,12,14,16-17,21-22,30,32-33,35,39H,8,11,13,15,18-20,23-24H2,1-6H3/b10-7+,17-12+,25-9+,26-21+/t30-,32+,33+,35-,38+/m0/s1. The van der Waals surface area contributed by atoms with Gasteiger partial charge in [0.05, 0.1) is 0 Å². The minimum absolute atomic E-state index is 0.000397. The number of fused-ring (bicyclic) bond motifs is 5. The third kappa shape index (κ3) is 6.50. The van der Waals surface area contributed by atoms with E-state index in [0.29, 0.717) is 23.5 Å². The second-order valence-electron chi connectivity index (χ2n) is 14.4. The molecular formula is C38H50O3. The van der Waals surface area contributed by atoms with Crippen LogP contribution in [0.2, 0.25) is 0 Å². The molecule has 4 aliphatic rings. The predicted molar refractivity (Wildman–Crippen MR) is 169 cm³/mol. The number of carbonyl (C=O) groups is 1. The van der Waals surface area contributed by atoms with Gasteiger partial charge in [0.25, 0.3) is 0 Å². The Morgan fingerprint density at radius 2 is 1.85 bits per heavy atom. The summed E-state index contributed by atoms with van der Waals surface area (Å²) < 4.78 is 6.05. The molecule has 220 valence electrons. The van der Waals surface area contributed by atoms with Gasteiger partial charge >= 0.3 is 5.97 Å². The van der Waals surface area contributed by atoms with E-state index in [-0.39, 0.29) is 22.9 Å². The van der Waals surface area contributed by atoms with Gasteiger partial charge in [0.2, 0.25) is 0 Å². The SMILES string of the molecule is CC1=C(/C=C/C(C)=C/C=C/C(C)=C/C(=O)O[C@H]2C[C@H]3[C@@H]4CCc5cc(O)ccc5[C@H]4CC[C@]3(C)C2)C(C)(C)CCC1. The molecule has 0 unspecified atom stereocenters. The van der Waals surface area contributed by atoms with Crippen molar-refractivity contribution in [2.24, 2.45) is 22.7 Å². The lowest BCUT2D eigenvalue weighted by atomic mass is 9.56. The van der Waals surface area contributed by atoms with Gasteiger partial charge in [-0.05, 0) is 142 Å². The molecule has 0 spiro atoms. The normalized spacial score (nSPS) is 31.8. The van der Waals surface area contributed by atoms with Gasteiger partial charge in [0.15, 0.2) is 0 Å². The maximum atomic E-state index is 12.9. The van der Waals surface area contributed by atoms with Crippen molar-refractivity contribution < 1.29 is 14.6 Å². The van der Waals surface area contributed by atoms with Crippen molar-refractivity contribution in [3.63, 3.8) is 0 Å². The maximum absolute atomic E-state index is 12.9. The molecule has 0 bridgehead atoms. The summed E-state index contributed by atoms with van der Waals surface area (Å²) in [5.41, 5.74) is 8.35. The Morgan fingerprint density at radius 3 is 2.63 bits per heavy atom. The van der Waals surface area contributed by atoms with Gasteiger partial charge in [-0.3, -0.25) is 0 Å². The van der Waals surface area contributed by atoms with E-state index >= 15 is 0 Å². The van der Waals surface area contributed by atoms with Crippen molar-refractivity contribution in [1.29, 1.82) is 0 Å². The molecule has 0 radical (unpaired) electrons. The number of aromatic hydroxyl groups is 1. The van der Waals surface area contributed by atoms with Crippen molar-refractivity contribution in [2.45, 2.75) is 111 Å². The molecule has 2 fully saturated rings. The van der Waals surface area contributed by atoms with Gasteiger partial charge in [-0.15, -0.1) is 0 Å². The quantitative estimate of drug-likeness (QED) is 0.216. The number of esters is 1. The summed E-state index contributed by atoms with van der Waals surface area (Å²) in [6.45, 7) is 13.5. The second kappa shape index (κ2) is 11.8. The molecule has 2 saturated carbocycles. The van der Waals surface area contributed by atoms with Crippen LogP contribution >= 0.6 is 0 Å². The van der Waals surface area contributed by atoms with E-state index in [9.17, 15) is 9.90 Å². The lowest BCUT2D eigenvalue weighted by molar-refractivity contribution is -0.143. The lowest BCUT2D eigenvalue weighted by Gasteiger charge is -2.49. The highest BCUT2D eigenvalue weighted by atomic mass is 16.5. The summed E-state index contributed by atoms with van der Waals surface area (Å²) >= 11 is 0. The van der Waals surface area contributed by atoms with E-state index in [4.69, 9.17) is 4.74 Å². The maximum Gasteiger partial charge on any atom is 0.331 e. The van der Waals surface area contributed by atoms with Gasteiger partial charge in [-0.1, -0.05) is 68.4 Å². The van der Waals surface area contributed by atoms with Crippen molar-refractivity contribution in [3.05, 3.63) is 88.1 Å². The van der Waals surface area contributed by atoms with Crippen LogP contribution in [0.4, 0.5) is 0 Å². The van der Waals surface area contributed by atoms with E-state index in [0.717, 1.165) is 24.8 Å². The first kappa shape index (κ1) is 29.7. The molecule has 4 aliphatic carbocycles. The van der Waals surface area contributed by atoms with Crippen LogP contribution < -0.4 is 0 Å². The van der Waals surface area contributed by atoms with E-state index < -0.39 is 0 Å². The average Bonchev–Trinajstić information content (AvgIpc) is 3.23. The first-order valence-corrected chi connectivity index (χ1v) is 15.9. The van der Waals surface area contributed by atoms with Crippen molar-refractivity contribution in [2.75, 3.05) is 0 Å². The molecule has 0 heterocycles. The summed E-state index contributed by atoms with van der Waals surface area (Å²) in [4.78, 5) is 12.9. The average molecular weight is 555 g/mol. The molecule has 5 atom stereocenters. The summed E-state index contributed by atoms with van der Waals surface area (Å²) in [5, 5.41) is 9.95. The summed E-state index contributed by atoms with van der Waals surface area (Å²) in [5.74, 6) is 1.96. The Balaban J connectivity index is 1.17. The molecule has 0 saturated heterocycles. The topological polar surface area (TPSA) is 46.5 Å². The first-order valence-electron chi connectivity index (χ1n) is 15.9. The molecule has 5 rings (SSSR count). The highest BCUT2D eigenvalue weighted by Gasteiger charge is 2.53. The Hall–Kier alpha value is -2.81. The number of ether oxygens (including phenoxy) is 1. The Labute approximate surface area is 248 Å². The number of hydrogen-bond donors (Lipinski definition) is 1. The van der Waals surface area contributed by atoms with Crippen LogP contribution in [-0.2, 0) is 16.0 Å². The van der Waals surface area contributed by atoms with Crippen LogP contribution in [0.15, 0.2) is 76.9 Å². The van der Waals surface area contributed by atoms with Gasteiger partial charge in [0, 0.05) is 6.08 Å². The zero-order chi connectivity index (χ0) is 29.4. The number of aryl methyl sites for hydroxylation is 1. The Kier molecular flexibility index (Phi) is 8.56. The third-order valence-electron chi connectivity index (χ3n) is 10.8. The number of hydrogen-bond acceptors (Lipinski definition) is 3. The van der Waals surface area contributed by atoms with Crippen molar-refractivity contribution in [1.82, 2.24) is 0 Å². The minimum Gasteiger partial charge on any atom is -0.508 e. The fourth-order valence-electron chi connectivity index (χ4n) is 8.72. The summed E-state index contributed by atoms with van der Waals surface area (Å²) in [6, 6.07) is 5.97. The Bertz CT molecular complexity index is 1320. The highest BCUT2D eigenvalue weighted by molar-refractivity contribution is 5.83. The van der Waals surface area contributed by atoms with Crippen molar-refractivity contribution in [3.8, 4) is 5.75 Å². The highest BCUT2D eigenvalue weighted by Crippen LogP contribution is 2.61. The Morgan fingerprint density at radius 1 is 1.05 bits per heavy atom. The molecule has 0 amide bonds.